The first-order chi connectivity index (χ1) is 14.8. The van der Waals surface area contributed by atoms with Crippen LogP contribution in [0.2, 0.25) is 0 Å². The summed E-state index contributed by atoms with van der Waals surface area (Å²) in [4.78, 5) is 11.6. The highest BCUT2D eigenvalue weighted by Gasteiger charge is 2.72. The molecule has 0 bridgehead atoms. The van der Waals surface area contributed by atoms with Gasteiger partial charge in [-0.05, 0) is 61.7 Å². The summed E-state index contributed by atoms with van der Waals surface area (Å²) in [7, 11) is 0. The van der Waals surface area contributed by atoms with Crippen molar-refractivity contribution in [2.24, 2.45) is 34.5 Å². The van der Waals surface area contributed by atoms with Gasteiger partial charge in [0.25, 0.3) is 0 Å². The van der Waals surface area contributed by atoms with E-state index in [1.807, 2.05) is 0 Å². The van der Waals surface area contributed by atoms with Crippen LogP contribution >= 0.6 is 0 Å². The second-order valence-corrected chi connectivity index (χ2v) is 11.6. The van der Waals surface area contributed by atoms with Crippen LogP contribution in [-0.4, -0.2) is 50.1 Å². The first-order valence-electron chi connectivity index (χ1n) is 12.6. The molecule has 0 radical (unpaired) electrons. The average molecular weight is 435 g/mol. The summed E-state index contributed by atoms with van der Waals surface area (Å²) in [5.41, 5.74) is 0.265. The Balaban J connectivity index is 1.36. The summed E-state index contributed by atoms with van der Waals surface area (Å²) >= 11 is 0. The first-order valence-corrected chi connectivity index (χ1v) is 12.6. The summed E-state index contributed by atoms with van der Waals surface area (Å²) in [6.45, 7) is 9.25. The van der Waals surface area contributed by atoms with Gasteiger partial charge in [0.2, 0.25) is 0 Å². The minimum Gasteiger partial charge on any atom is -0.463 e. The smallest absolute Gasteiger partial charge is 0.302 e. The van der Waals surface area contributed by atoms with E-state index in [-0.39, 0.29) is 22.9 Å². The van der Waals surface area contributed by atoms with Gasteiger partial charge in [-0.2, -0.15) is 0 Å². The van der Waals surface area contributed by atoms with Crippen molar-refractivity contribution in [2.45, 2.75) is 89.8 Å². The predicted molar refractivity (Wildman–Crippen MR) is 112 cm³/mol. The van der Waals surface area contributed by atoms with Crippen molar-refractivity contribution in [1.82, 2.24) is 0 Å². The van der Waals surface area contributed by atoms with Gasteiger partial charge in [-0.15, -0.1) is 0 Å². The summed E-state index contributed by atoms with van der Waals surface area (Å²) in [5.74, 6) is 0.836. The molecule has 2 aliphatic heterocycles. The molecule has 174 valence electrons. The lowest BCUT2D eigenvalue weighted by Crippen LogP contribution is -2.65. The Morgan fingerprint density at radius 2 is 1.55 bits per heavy atom. The Morgan fingerprint density at radius 3 is 2.26 bits per heavy atom. The van der Waals surface area contributed by atoms with Gasteiger partial charge < -0.3 is 23.7 Å². The molecule has 0 unspecified atom stereocenters. The molecule has 4 aliphatic carbocycles. The van der Waals surface area contributed by atoms with Crippen LogP contribution in [0.1, 0.15) is 72.1 Å². The van der Waals surface area contributed by atoms with Crippen LogP contribution in [0.15, 0.2) is 0 Å². The number of fused-ring (bicyclic) bond motifs is 7. The highest BCUT2D eigenvalue weighted by molar-refractivity contribution is 5.66. The van der Waals surface area contributed by atoms with E-state index < -0.39 is 11.6 Å². The van der Waals surface area contributed by atoms with Crippen LogP contribution < -0.4 is 0 Å². The molecule has 2 saturated heterocycles. The van der Waals surface area contributed by atoms with Gasteiger partial charge in [-0.3, -0.25) is 4.79 Å². The molecule has 7 atom stereocenters. The Hall–Kier alpha value is -0.690. The van der Waals surface area contributed by atoms with Gasteiger partial charge in [0.05, 0.1) is 26.4 Å². The summed E-state index contributed by atoms with van der Waals surface area (Å²) in [6.07, 6.45) is 8.42. The van der Waals surface area contributed by atoms with E-state index in [4.69, 9.17) is 23.7 Å². The van der Waals surface area contributed by atoms with Crippen molar-refractivity contribution in [2.75, 3.05) is 26.4 Å². The fourth-order valence-electron chi connectivity index (χ4n) is 9.17. The van der Waals surface area contributed by atoms with Gasteiger partial charge in [0.15, 0.2) is 11.6 Å². The van der Waals surface area contributed by atoms with Gasteiger partial charge >= 0.3 is 5.97 Å². The molecule has 6 aliphatic rings. The Labute approximate surface area is 185 Å². The van der Waals surface area contributed by atoms with E-state index in [0.29, 0.717) is 50.1 Å². The van der Waals surface area contributed by atoms with E-state index in [1.165, 1.54) is 13.3 Å². The Kier molecular flexibility index (Phi) is 4.65. The molecule has 2 heterocycles. The van der Waals surface area contributed by atoms with Crippen LogP contribution in [0.25, 0.3) is 0 Å². The van der Waals surface area contributed by atoms with Gasteiger partial charge in [0.1, 0.15) is 6.10 Å². The molecule has 0 aromatic rings. The van der Waals surface area contributed by atoms with Crippen molar-refractivity contribution in [3.8, 4) is 0 Å². The molecule has 6 rings (SSSR count). The lowest BCUT2D eigenvalue weighted by molar-refractivity contribution is -0.317. The largest absolute Gasteiger partial charge is 0.463 e. The van der Waals surface area contributed by atoms with E-state index in [2.05, 4.69) is 13.8 Å². The SMILES string of the molecule is CC(=O)O[C@@H]1CC[C@@]2(C)[C@H](C1)CC1(OCCO1)[C@H]1[C@H]2CC[C@@]2(C)[C@@H]1CCC21OCCO1. The highest BCUT2D eigenvalue weighted by Crippen LogP contribution is 2.72. The highest BCUT2D eigenvalue weighted by atomic mass is 16.7. The molecule has 0 aromatic carbocycles. The molecule has 4 saturated carbocycles. The van der Waals surface area contributed by atoms with E-state index in [0.717, 1.165) is 44.9 Å². The van der Waals surface area contributed by atoms with Crippen LogP contribution in [-0.2, 0) is 28.5 Å². The maximum absolute atomic E-state index is 11.6. The fraction of sp³-hybridized carbons (Fsp3) is 0.960. The summed E-state index contributed by atoms with van der Waals surface area (Å²) in [5, 5.41) is 0. The number of carbonyl (C=O) groups excluding carboxylic acids is 1. The zero-order valence-electron chi connectivity index (χ0n) is 19.3. The van der Waals surface area contributed by atoms with Crippen LogP contribution in [0.3, 0.4) is 0 Å². The Morgan fingerprint density at radius 1 is 0.871 bits per heavy atom. The maximum Gasteiger partial charge on any atom is 0.302 e. The lowest BCUT2D eigenvalue weighted by atomic mass is 9.43. The zero-order chi connectivity index (χ0) is 21.5. The molecule has 2 spiro atoms. The lowest BCUT2D eigenvalue weighted by Gasteiger charge is -2.65. The second-order valence-electron chi connectivity index (χ2n) is 11.6. The van der Waals surface area contributed by atoms with Crippen LogP contribution in [0.4, 0.5) is 0 Å². The van der Waals surface area contributed by atoms with Crippen molar-refractivity contribution in [1.29, 1.82) is 0 Å². The quantitative estimate of drug-likeness (QED) is 0.580. The topological polar surface area (TPSA) is 63.2 Å². The van der Waals surface area contributed by atoms with Gasteiger partial charge in [0, 0.05) is 31.1 Å². The molecular weight excluding hydrogens is 396 g/mol. The molecular formula is C25H38O6. The minimum absolute atomic E-state index is 0.0190. The second kappa shape index (κ2) is 6.91. The number of hydrogen-bond acceptors (Lipinski definition) is 6. The maximum atomic E-state index is 11.6. The molecule has 6 fully saturated rings. The monoisotopic (exact) mass is 434 g/mol. The van der Waals surface area contributed by atoms with Crippen molar-refractivity contribution in [3.63, 3.8) is 0 Å². The standard InChI is InChI=1S/C25H38O6/c1-16(26)31-18-4-7-22(2)17(14-18)15-24(27-10-11-28-24)21-19(22)5-8-23(3)20(21)6-9-25(23)29-12-13-30-25/h17-21H,4-15H2,1-3H3/t17-,18-,19-,20-,21+,22+,23+/m1/s1. The molecule has 6 heteroatoms. The van der Waals surface area contributed by atoms with Crippen molar-refractivity contribution >= 4 is 5.97 Å². The predicted octanol–water partition coefficient (Wildman–Crippen LogP) is 4.06. The molecule has 0 amide bonds. The fourth-order valence-corrected chi connectivity index (χ4v) is 9.17. The van der Waals surface area contributed by atoms with Gasteiger partial charge in [-0.25, -0.2) is 0 Å². The number of rotatable bonds is 1. The number of carbonyl (C=O) groups is 1. The van der Waals surface area contributed by atoms with E-state index >= 15 is 0 Å². The number of hydrogen-bond donors (Lipinski definition) is 0. The summed E-state index contributed by atoms with van der Waals surface area (Å²) < 4.78 is 31.4. The molecule has 31 heavy (non-hydrogen) atoms. The van der Waals surface area contributed by atoms with Crippen molar-refractivity contribution < 1.29 is 28.5 Å². The van der Waals surface area contributed by atoms with Crippen LogP contribution in [0, 0.1) is 34.5 Å². The van der Waals surface area contributed by atoms with E-state index in [9.17, 15) is 4.79 Å². The number of ether oxygens (including phenoxy) is 5. The zero-order valence-corrected chi connectivity index (χ0v) is 19.3. The molecule has 6 nitrogen and oxygen atoms in total. The molecule has 0 aromatic heterocycles. The van der Waals surface area contributed by atoms with Gasteiger partial charge in [-0.1, -0.05) is 13.8 Å². The summed E-state index contributed by atoms with van der Waals surface area (Å²) in [6, 6.07) is 0. The third-order valence-corrected chi connectivity index (χ3v) is 10.5. The van der Waals surface area contributed by atoms with Crippen molar-refractivity contribution in [3.05, 3.63) is 0 Å². The molecule has 0 N–H and O–H groups in total. The minimum atomic E-state index is -0.497. The normalized spacial score (nSPS) is 49.6. The number of esters is 1. The Bertz CT molecular complexity index is 740. The third-order valence-electron chi connectivity index (χ3n) is 10.5. The first kappa shape index (κ1) is 20.9. The third kappa shape index (κ3) is 2.74. The van der Waals surface area contributed by atoms with E-state index in [1.54, 1.807) is 0 Å². The van der Waals surface area contributed by atoms with Crippen LogP contribution in [0.5, 0.6) is 0 Å². The average Bonchev–Trinajstić information content (AvgIpc) is 3.45.